The number of para-hydroxylation sites is 2. The molecule has 0 spiro atoms. The first-order valence-electron chi connectivity index (χ1n) is 7.44. The molecule has 1 fully saturated rings. The van der Waals surface area contributed by atoms with Gasteiger partial charge in [0.05, 0.1) is 11.0 Å². The molecule has 2 rings (SSSR count). The summed E-state index contributed by atoms with van der Waals surface area (Å²) in [4.78, 5) is 26.7. The fourth-order valence-corrected chi connectivity index (χ4v) is 2.55. The maximum atomic E-state index is 12.2. The summed E-state index contributed by atoms with van der Waals surface area (Å²) >= 11 is 0. The van der Waals surface area contributed by atoms with Crippen LogP contribution in [0.1, 0.15) is 13.8 Å². The fraction of sp³-hybridized carbons (Fsp3) is 0.533. The van der Waals surface area contributed by atoms with Crippen LogP contribution in [0.25, 0.3) is 0 Å². The fourth-order valence-electron chi connectivity index (χ4n) is 2.55. The maximum absolute atomic E-state index is 12.2. The first-order valence-corrected chi connectivity index (χ1v) is 7.44. The highest BCUT2D eigenvalue weighted by molar-refractivity contribution is 5.82. The zero-order chi connectivity index (χ0) is 16.3. The number of hydrogen-bond acceptors (Lipinski definition) is 5. The number of nitrogens with two attached hydrogens (primary N) is 1. The molecule has 0 aromatic heterocycles. The molecule has 1 saturated heterocycles. The standard InChI is InChI=1S/C15H22N4O3/c1-11(2)14(16)15(20)18-9-7-17(8-10-18)12-5-3-4-6-13(12)19(21)22/h3-6,11,14H,7-10,16H2,1-2H3/t14-/m1/s1. The van der Waals surface area contributed by atoms with Crippen molar-refractivity contribution in [3.05, 3.63) is 34.4 Å². The van der Waals surface area contributed by atoms with Gasteiger partial charge in [0.2, 0.25) is 5.91 Å². The van der Waals surface area contributed by atoms with E-state index in [4.69, 9.17) is 5.73 Å². The SMILES string of the molecule is CC(C)[C@@H](N)C(=O)N1CCN(c2ccccc2[N+](=O)[O-])CC1. The van der Waals surface area contributed by atoms with Gasteiger partial charge in [-0.25, -0.2) is 0 Å². The molecule has 1 aromatic carbocycles. The number of piperazine rings is 1. The predicted molar refractivity (Wildman–Crippen MR) is 84.7 cm³/mol. The quantitative estimate of drug-likeness (QED) is 0.667. The molecule has 2 N–H and O–H groups in total. The molecular weight excluding hydrogens is 284 g/mol. The lowest BCUT2D eigenvalue weighted by Crippen LogP contribution is -2.54. The highest BCUT2D eigenvalue weighted by Crippen LogP contribution is 2.28. The van der Waals surface area contributed by atoms with Crippen molar-refractivity contribution in [2.45, 2.75) is 19.9 Å². The summed E-state index contributed by atoms with van der Waals surface area (Å²) < 4.78 is 0. The van der Waals surface area contributed by atoms with Crippen LogP contribution >= 0.6 is 0 Å². The zero-order valence-electron chi connectivity index (χ0n) is 12.9. The second-order valence-corrected chi connectivity index (χ2v) is 5.83. The van der Waals surface area contributed by atoms with Gasteiger partial charge in [-0.05, 0) is 12.0 Å². The normalized spacial score (nSPS) is 16.7. The summed E-state index contributed by atoms with van der Waals surface area (Å²) in [5.74, 6) is 0.0537. The Morgan fingerprint density at radius 1 is 1.23 bits per heavy atom. The van der Waals surface area contributed by atoms with Gasteiger partial charge in [0, 0.05) is 32.2 Å². The number of rotatable bonds is 4. The van der Waals surface area contributed by atoms with Gasteiger partial charge in [-0.3, -0.25) is 14.9 Å². The molecule has 0 bridgehead atoms. The largest absolute Gasteiger partial charge is 0.362 e. The zero-order valence-corrected chi connectivity index (χ0v) is 12.9. The molecule has 0 unspecified atom stereocenters. The van der Waals surface area contributed by atoms with Crippen molar-refractivity contribution in [2.75, 3.05) is 31.1 Å². The Morgan fingerprint density at radius 3 is 2.36 bits per heavy atom. The topological polar surface area (TPSA) is 92.7 Å². The van der Waals surface area contributed by atoms with Crippen LogP contribution in [0, 0.1) is 16.0 Å². The van der Waals surface area contributed by atoms with E-state index in [9.17, 15) is 14.9 Å². The molecule has 1 aromatic rings. The number of amides is 1. The number of hydrogen-bond donors (Lipinski definition) is 1. The van der Waals surface area contributed by atoms with Crippen LogP contribution in [0.3, 0.4) is 0 Å². The molecule has 0 radical (unpaired) electrons. The highest BCUT2D eigenvalue weighted by Gasteiger charge is 2.28. The second-order valence-electron chi connectivity index (χ2n) is 5.83. The van der Waals surface area contributed by atoms with Crippen LogP contribution < -0.4 is 10.6 Å². The summed E-state index contributed by atoms with van der Waals surface area (Å²) in [6.07, 6.45) is 0. The van der Waals surface area contributed by atoms with Gasteiger partial charge in [0.15, 0.2) is 0 Å². The summed E-state index contributed by atoms with van der Waals surface area (Å²) in [6, 6.07) is 6.20. The molecular formula is C15H22N4O3. The van der Waals surface area contributed by atoms with Crippen molar-refractivity contribution < 1.29 is 9.72 Å². The van der Waals surface area contributed by atoms with Gasteiger partial charge >= 0.3 is 0 Å². The molecule has 0 saturated carbocycles. The molecule has 7 nitrogen and oxygen atoms in total. The minimum absolute atomic E-state index is 0.0442. The molecule has 1 aliphatic rings. The molecule has 1 amide bonds. The number of carbonyl (C=O) groups is 1. The van der Waals surface area contributed by atoms with Crippen molar-refractivity contribution in [1.29, 1.82) is 0 Å². The van der Waals surface area contributed by atoms with Crippen LogP contribution in [0.5, 0.6) is 0 Å². The van der Waals surface area contributed by atoms with Gasteiger partial charge in [0.25, 0.3) is 5.69 Å². The lowest BCUT2D eigenvalue weighted by atomic mass is 10.0. The van der Waals surface area contributed by atoms with E-state index < -0.39 is 6.04 Å². The molecule has 22 heavy (non-hydrogen) atoms. The number of nitrogens with zero attached hydrogens (tertiary/aromatic N) is 3. The number of nitro benzene ring substituents is 1. The van der Waals surface area contributed by atoms with E-state index in [-0.39, 0.29) is 22.4 Å². The average Bonchev–Trinajstić information content (AvgIpc) is 2.53. The average molecular weight is 306 g/mol. The van der Waals surface area contributed by atoms with Gasteiger partial charge < -0.3 is 15.5 Å². The van der Waals surface area contributed by atoms with Crippen molar-refractivity contribution in [2.24, 2.45) is 11.7 Å². The summed E-state index contributed by atoms with van der Waals surface area (Å²) in [7, 11) is 0. The molecule has 0 aliphatic carbocycles. The monoisotopic (exact) mass is 306 g/mol. The number of carbonyl (C=O) groups excluding carboxylic acids is 1. The maximum Gasteiger partial charge on any atom is 0.292 e. The minimum Gasteiger partial charge on any atom is -0.362 e. The van der Waals surface area contributed by atoms with Crippen molar-refractivity contribution in [3.63, 3.8) is 0 Å². The van der Waals surface area contributed by atoms with Gasteiger partial charge in [-0.2, -0.15) is 0 Å². The van der Waals surface area contributed by atoms with E-state index >= 15 is 0 Å². The third kappa shape index (κ3) is 3.36. The predicted octanol–water partition coefficient (Wildman–Crippen LogP) is 1.23. The van der Waals surface area contributed by atoms with Gasteiger partial charge in [0.1, 0.15) is 5.69 Å². The van der Waals surface area contributed by atoms with Gasteiger partial charge in [-0.15, -0.1) is 0 Å². The first-order chi connectivity index (χ1) is 10.4. The Hall–Kier alpha value is -2.15. The summed E-state index contributed by atoms with van der Waals surface area (Å²) in [6.45, 7) is 6.05. The Kier molecular flexibility index (Phi) is 4.97. The lowest BCUT2D eigenvalue weighted by Gasteiger charge is -2.37. The van der Waals surface area contributed by atoms with E-state index in [0.717, 1.165) is 0 Å². The molecule has 1 aliphatic heterocycles. The van der Waals surface area contributed by atoms with E-state index in [0.29, 0.717) is 31.9 Å². The summed E-state index contributed by atoms with van der Waals surface area (Å²) in [5, 5.41) is 11.1. The van der Waals surface area contributed by atoms with Crippen molar-refractivity contribution >= 4 is 17.3 Å². The third-order valence-corrected chi connectivity index (χ3v) is 4.01. The third-order valence-electron chi connectivity index (χ3n) is 4.01. The first kappa shape index (κ1) is 16.2. The van der Waals surface area contributed by atoms with Crippen LogP contribution in [0.2, 0.25) is 0 Å². The van der Waals surface area contributed by atoms with E-state index in [1.54, 1.807) is 23.1 Å². The van der Waals surface area contributed by atoms with Crippen LogP contribution in [-0.2, 0) is 4.79 Å². The molecule has 1 atom stereocenters. The van der Waals surface area contributed by atoms with E-state index in [1.807, 2.05) is 18.7 Å². The highest BCUT2D eigenvalue weighted by atomic mass is 16.6. The van der Waals surface area contributed by atoms with Crippen molar-refractivity contribution in [1.82, 2.24) is 4.90 Å². The van der Waals surface area contributed by atoms with E-state index in [1.165, 1.54) is 6.07 Å². The van der Waals surface area contributed by atoms with Gasteiger partial charge in [-0.1, -0.05) is 26.0 Å². The smallest absolute Gasteiger partial charge is 0.292 e. The second kappa shape index (κ2) is 6.74. The number of nitro groups is 1. The minimum atomic E-state index is -0.488. The Balaban J connectivity index is 2.04. The van der Waals surface area contributed by atoms with Crippen molar-refractivity contribution in [3.8, 4) is 0 Å². The van der Waals surface area contributed by atoms with E-state index in [2.05, 4.69) is 0 Å². The van der Waals surface area contributed by atoms with Crippen LogP contribution in [0.4, 0.5) is 11.4 Å². The number of benzene rings is 1. The molecule has 7 heteroatoms. The van der Waals surface area contributed by atoms with Crippen LogP contribution in [-0.4, -0.2) is 48.0 Å². The Labute approximate surface area is 129 Å². The lowest BCUT2D eigenvalue weighted by molar-refractivity contribution is -0.384. The summed E-state index contributed by atoms with van der Waals surface area (Å²) in [5.41, 5.74) is 6.61. The Morgan fingerprint density at radius 2 is 1.82 bits per heavy atom. The Bertz CT molecular complexity index is 553. The molecule has 120 valence electrons. The van der Waals surface area contributed by atoms with Crippen LogP contribution in [0.15, 0.2) is 24.3 Å². The molecule has 1 heterocycles. The number of anilines is 1.